The van der Waals surface area contributed by atoms with Crippen molar-refractivity contribution >= 4 is 33.8 Å². The maximum atomic E-state index is 13.6. The Kier molecular flexibility index (Phi) is 9.61. The molecule has 0 aliphatic rings. The third-order valence-electron chi connectivity index (χ3n) is 5.96. The summed E-state index contributed by atoms with van der Waals surface area (Å²) in [5, 5.41) is 3.93. The molecule has 0 atom stereocenters. The average Bonchev–Trinajstić information content (AvgIpc) is 3.49. The van der Waals surface area contributed by atoms with Crippen LogP contribution in [0.25, 0.3) is 11.3 Å². The highest BCUT2D eigenvalue weighted by molar-refractivity contribution is 7.92. The Balaban J connectivity index is 1.51. The third kappa shape index (κ3) is 6.96. The SMILES string of the molecule is CCOC(=O)c1ccc(-c2ccc(/C=N\NC(=O)CN(c3cc(OC)ccc3OC)S(=O)(=O)c3ccccc3)o2)cc1. The fraction of sp³-hybridized carbons (Fsp3) is 0.167. The van der Waals surface area contributed by atoms with Gasteiger partial charge in [-0.15, -0.1) is 0 Å². The van der Waals surface area contributed by atoms with E-state index in [0.717, 1.165) is 9.87 Å². The molecule has 1 heterocycles. The van der Waals surface area contributed by atoms with Crippen LogP contribution in [0.3, 0.4) is 0 Å². The second-order valence-electron chi connectivity index (χ2n) is 8.66. The maximum absolute atomic E-state index is 13.6. The molecule has 0 bridgehead atoms. The first-order chi connectivity index (χ1) is 20.3. The van der Waals surface area contributed by atoms with Gasteiger partial charge in [0, 0.05) is 11.6 Å². The van der Waals surface area contributed by atoms with Gasteiger partial charge in [0.1, 0.15) is 29.6 Å². The number of carbonyl (C=O) groups excluding carboxylic acids is 2. The predicted molar refractivity (Wildman–Crippen MR) is 156 cm³/mol. The van der Waals surface area contributed by atoms with Crippen LogP contribution < -0.4 is 19.2 Å². The number of sulfonamides is 1. The van der Waals surface area contributed by atoms with E-state index in [-0.39, 0.29) is 22.9 Å². The van der Waals surface area contributed by atoms with Crippen LogP contribution in [-0.2, 0) is 19.6 Å². The van der Waals surface area contributed by atoms with Gasteiger partial charge in [-0.2, -0.15) is 5.10 Å². The van der Waals surface area contributed by atoms with Gasteiger partial charge >= 0.3 is 5.97 Å². The number of hydrogen-bond donors (Lipinski definition) is 1. The van der Waals surface area contributed by atoms with Crippen LogP contribution in [0.15, 0.2) is 99.3 Å². The molecule has 0 spiro atoms. The van der Waals surface area contributed by atoms with Crippen LogP contribution in [0.1, 0.15) is 23.0 Å². The quantitative estimate of drug-likeness (QED) is 0.145. The van der Waals surface area contributed by atoms with Crippen molar-refractivity contribution in [1.82, 2.24) is 5.43 Å². The minimum absolute atomic E-state index is 0.00965. The lowest BCUT2D eigenvalue weighted by Crippen LogP contribution is -2.39. The van der Waals surface area contributed by atoms with Gasteiger partial charge in [0.25, 0.3) is 15.9 Å². The Hall–Kier alpha value is -5.10. The van der Waals surface area contributed by atoms with Crippen molar-refractivity contribution in [3.8, 4) is 22.8 Å². The van der Waals surface area contributed by atoms with Crippen molar-refractivity contribution in [2.24, 2.45) is 5.10 Å². The van der Waals surface area contributed by atoms with Gasteiger partial charge in [0.05, 0.1) is 43.2 Å². The van der Waals surface area contributed by atoms with E-state index < -0.39 is 28.4 Å². The molecule has 0 aliphatic heterocycles. The first kappa shape index (κ1) is 29.9. The highest BCUT2D eigenvalue weighted by Gasteiger charge is 2.30. The fourth-order valence-electron chi connectivity index (χ4n) is 3.91. The zero-order chi connectivity index (χ0) is 30.1. The normalized spacial score (nSPS) is 11.2. The largest absolute Gasteiger partial charge is 0.497 e. The molecule has 4 aromatic rings. The summed E-state index contributed by atoms with van der Waals surface area (Å²) in [7, 11) is -1.34. The first-order valence-corrected chi connectivity index (χ1v) is 14.2. The number of anilines is 1. The molecule has 0 unspecified atom stereocenters. The number of esters is 1. The standard InChI is InChI=1S/C30H29N3O8S/c1-4-40-30(35)22-12-10-21(11-13-22)27-16-15-24(41-27)19-31-32-29(34)20-33(42(36,37)25-8-6-5-7-9-25)26-18-23(38-2)14-17-28(26)39-3/h5-19H,4,20H2,1-3H3,(H,32,34)/b31-19-. The first-order valence-electron chi connectivity index (χ1n) is 12.8. The maximum Gasteiger partial charge on any atom is 0.338 e. The lowest BCUT2D eigenvalue weighted by atomic mass is 10.1. The molecule has 1 aromatic heterocycles. The van der Waals surface area contributed by atoms with Gasteiger partial charge in [-0.1, -0.05) is 30.3 Å². The van der Waals surface area contributed by atoms with Crippen molar-refractivity contribution in [2.45, 2.75) is 11.8 Å². The molecule has 0 fully saturated rings. The summed E-state index contributed by atoms with van der Waals surface area (Å²) in [6, 6.07) is 22.5. The Morgan fingerprint density at radius 2 is 1.69 bits per heavy atom. The van der Waals surface area contributed by atoms with E-state index in [0.29, 0.717) is 22.8 Å². The molecule has 1 amide bonds. The van der Waals surface area contributed by atoms with Crippen LogP contribution in [0.4, 0.5) is 5.69 Å². The summed E-state index contributed by atoms with van der Waals surface area (Å²) >= 11 is 0. The van der Waals surface area contributed by atoms with Gasteiger partial charge in [-0.25, -0.2) is 18.6 Å². The minimum Gasteiger partial charge on any atom is -0.497 e. The summed E-state index contributed by atoms with van der Waals surface area (Å²) in [6.07, 6.45) is 1.29. The number of ether oxygens (including phenoxy) is 3. The molecule has 0 aliphatic carbocycles. The van der Waals surface area contributed by atoms with E-state index in [1.54, 1.807) is 73.7 Å². The van der Waals surface area contributed by atoms with E-state index in [1.165, 1.54) is 38.6 Å². The Morgan fingerprint density at radius 1 is 0.952 bits per heavy atom. The van der Waals surface area contributed by atoms with Gasteiger partial charge < -0.3 is 18.6 Å². The van der Waals surface area contributed by atoms with E-state index in [4.69, 9.17) is 18.6 Å². The van der Waals surface area contributed by atoms with Gasteiger partial charge in [-0.05, 0) is 55.5 Å². The number of nitrogens with zero attached hydrogens (tertiary/aromatic N) is 2. The molecule has 0 saturated heterocycles. The summed E-state index contributed by atoms with van der Waals surface area (Å²) in [6.45, 7) is 1.42. The van der Waals surface area contributed by atoms with Gasteiger partial charge in [0.15, 0.2) is 0 Å². The highest BCUT2D eigenvalue weighted by atomic mass is 32.2. The predicted octanol–water partition coefficient (Wildman–Crippen LogP) is 4.49. The van der Waals surface area contributed by atoms with Gasteiger partial charge in [0.2, 0.25) is 0 Å². The summed E-state index contributed by atoms with van der Waals surface area (Å²) in [4.78, 5) is 24.8. The van der Waals surface area contributed by atoms with Crippen molar-refractivity contribution in [3.05, 3.63) is 96.3 Å². The van der Waals surface area contributed by atoms with Crippen molar-refractivity contribution < 1.29 is 36.6 Å². The molecule has 218 valence electrons. The molecule has 42 heavy (non-hydrogen) atoms. The number of amides is 1. The second kappa shape index (κ2) is 13.5. The number of carbonyl (C=O) groups is 2. The molecule has 12 heteroatoms. The van der Waals surface area contributed by atoms with E-state index in [9.17, 15) is 18.0 Å². The molecule has 0 radical (unpaired) electrons. The Bertz CT molecular complexity index is 1670. The number of hydrazone groups is 1. The van der Waals surface area contributed by atoms with Crippen LogP contribution in [0, 0.1) is 0 Å². The van der Waals surface area contributed by atoms with Crippen molar-refractivity contribution in [3.63, 3.8) is 0 Å². The highest BCUT2D eigenvalue weighted by Crippen LogP contribution is 2.35. The summed E-state index contributed by atoms with van der Waals surface area (Å²) < 4.78 is 49.6. The van der Waals surface area contributed by atoms with E-state index in [1.807, 2.05) is 0 Å². The van der Waals surface area contributed by atoms with Crippen molar-refractivity contribution in [2.75, 3.05) is 31.7 Å². The number of benzene rings is 3. The zero-order valence-corrected chi connectivity index (χ0v) is 24.0. The number of methoxy groups -OCH3 is 2. The number of nitrogens with one attached hydrogen (secondary N) is 1. The topological polar surface area (TPSA) is 137 Å². The van der Waals surface area contributed by atoms with Crippen molar-refractivity contribution in [1.29, 1.82) is 0 Å². The Morgan fingerprint density at radius 3 is 2.36 bits per heavy atom. The second-order valence-corrected chi connectivity index (χ2v) is 10.5. The van der Waals surface area contributed by atoms with Crippen LogP contribution in [0.5, 0.6) is 11.5 Å². The molecular weight excluding hydrogens is 562 g/mol. The number of hydrogen-bond acceptors (Lipinski definition) is 9. The molecule has 3 aromatic carbocycles. The molecule has 0 saturated carbocycles. The lowest BCUT2D eigenvalue weighted by Gasteiger charge is -2.25. The molecule has 4 rings (SSSR count). The lowest BCUT2D eigenvalue weighted by molar-refractivity contribution is -0.119. The average molecular weight is 592 g/mol. The monoisotopic (exact) mass is 591 g/mol. The minimum atomic E-state index is -4.19. The Labute approximate surface area is 243 Å². The number of rotatable bonds is 12. The molecular formula is C30H29N3O8S. The van der Waals surface area contributed by atoms with E-state index in [2.05, 4.69) is 10.5 Å². The number of furan rings is 1. The van der Waals surface area contributed by atoms with Crippen LogP contribution in [-0.4, -0.2) is 53.9 Å². The summed E-state index contributed by atoms with van der Waals surface area (Å²) in [5.41, 5.74) is 3.60. The fourth-order valence-corrected chi connectivity index (χ4v) is 5.35. The zero-order valence-electron chi connectivity index (χ0n) is 23.1. The molecule has 11 nitrogen and oxygen atoms in total. The van der Waals surface area contributed by atoms with Crippen LogP contribution in [0.2, 0.25) is 0 Å². The third-order valence-corrected chi connectivity index (χ3v) is 7.74. The van der Waals surface area contributed by atoms with Crippen LogP contribution >= 0.6 is 0 Å². The smallest absolute Gasteiger partial charge is 0.338 e. The molecule has 1 N–H and O–H groups in total. The summed E-state index contributed by atoms with van der Waals surface area (Å²) in [5.74, 6) is 0.335. The van der Waals surface area contributed by atoms with Gasteiger partial charge in [-0.3, -0.25) is 9.10 Å². The van der Waals surface area contributed by atoms with E-state index >= 15 is 0 Å².